The molecule has 0 spiro atoms. The van der Waals surface area contributed by atoms with Crippen LogP contribution in [0.2, 0.25) is 0 Å². The van der Waals surface area contributed by atoms with Gasteiger partial charge in [0.15, 0.2) is 0 Å². The molecule has 1 unspecified atom stereocenters. The lowest BCUT2D eigenvalue weighted by molar-refractivity contribution is -0.136. The molecule has 0 bridgehead atoms. The van der Waals surface area contributed by atoms with Gasteiger partial charge >= 0.3 is 5.97 Å². The zero-order chi connectivity index (χ0) is 12.3. The summed E-state index contributed by atoms with van der Waals surface area (Å²) in [5.74, 6) is -0.153. The lowest BCUT2D eigenvalue weighted by Gasteiger charge is -2.30. The molecule has 0 aliphatic carbocycles. The monoisotopic (exact) mass is 239 g/mol. The maximum Gasteiger partial charge on any atom is 0.303 e. The Kier molecular flexibility index (Phi) is 3.47. The van der Waals surface area contributed by atoms with Gasteiger partial charge in [-0.3, -0.25) is 4.79 Å². The number of rotatable bonds is 4. The number of aromatic nitrogens is 1. The van der Waals surface area contributed by atoms with Crippen molar-refractivity contribution in [2.24, 2.45) is 0 Å². The van der Waals surface area contributed by atoms with Crippen molar-refractivity contribution in [2.75, 3.05) is 13.2 Å². The molecule has 0 aromatic carbocycles. The summed E-state index contributed by atoms with van der Waals surface area (Å²) >= 11 is 0. The summed E-state index contributed by atoms with van der Waals surface area (Å²) in [4.78, 5) is 14.8. The largest absolute Gasteiger partial charge is 0.481 e. The quantitative estimate of drug-likeness (QED) is 0.866. The van der Waals surface area contributed by atoms with Crippen LogP contribution in [-0.4, -0.2) is 29.3 Å². The normalized spacial score (nSPS) is 24.8. The van der Waals surface area contributed by atoms with Gasteiger partial charge in [0.05, 0.1) is 24.1 Å². The summed E-state index contributed by atoms with van der Waals surface area (Å²) in [5.41, 5.74) is 0.536. The van der Waals surface area contributed by atoms with Crippen LogP contribution < -0.4 is 0 Å². The lowest BCUT2D eigenvalue weighted by atomic mass is 9.85. The zero-order valence-electron chi connectivity index (χ0n) is 9.94. The van der Waals surface area contributed by atoms with Gasteiger partial charge in [-0.25, -0.2) is 4.98 Å². The van der Waals surface area contributed by atoms with Crippen LogP contribution in [0.25, 0.3) is 0 Å². The lowest BCUT2D eigenvalue weighted by Crippen LogP contribution is -2.33. The van der Waals surface area contributed by atoms with E-state index in [0.717, 1.165) is 19.4 Å². The van der Waals surface area contributed by atoms with Crippen molar-refractivity contribution in [2.45, 2.75) is 38.0 Å². The maximum atomic E-state index is 10.5. The Labute approximate surface area is 99.8 Å². The number of oxazole rings is 1. The summed E-state index contributed by atoms with van der Waals surface area (Å²) in [6, 6.07) is 0. The Balaban J connectivity index is 2.03. The second-order valence-electron chi connectivity index (χ2n) is 4.75. The van der Waals surface area contributed by atoms with Crippen molar-refractivity contribution in [1.82, 2.24) is 4.98 Å². The molecule has 5 heteroatoms. The number of nitrogens with zero attached hydrogens (tertiary/aromatic N) is 1. The molecule has 17 heavy (non-hydrogen) atoms. The van der Waals surface area contributed by atoms with Crippen molar-refractivity contribution < 1.29 is 19.1 Å². The van der Waals surface area contributed by atoms with Crippen LogP contribution >= 0.6 is 0 Å². The minimum atomic E-state index is -0.818. The zero-order valence-corrected chi connectivity index (χ0v) is 9.94. The van der Waals surface area contributed by atoms with Gasteiger partial charge in [-0.1, -0.05) is 0 Å². The Bertz CT molecular complexity index is 393. The van der Waals surface area contributed by atoms with Gasteiger partial charge in [0.1, 0.15) is 6.26 Å². The van der Waals surface area contributed by atoms with E-state index in [1.807, 2.05) is 0 Å². The molecule has 1 aromatic rings. The van der Waals surface area contributed by atoms with Crippen LogP contribution in [0.5, 0.6) is 0 Å². The number of hydrogen-bond donors (Lipinski definition) is 1. The molecule has 1 N–H and O–H groups in total. The highest BCUT2D eigenvalue weighted by molar-refractivity contribution is 5.66. The molecule has 1 aromatic heterocycles. The minimum absolute atomic E-state index is 0.0825. The van der Waals surface area contributed by atoms with Crippen LogP contribution in [0.4, 0.5) is 0 Å². The molecule has 0 saturated carbocycles. The molecule has 2 heterocycles. The molecule has 1 aliphatic heterocycles. The van der Waals surface area contributed by atoms with Crippen LogP contribution in [-0.2, 0) is 21.4 Å². The first-order chi connectivity index (χ1) is 8.10. The van der Waals surface area contributed by atoms with Crippen LogP contribution in [0, 0.1) is 0 Å². The summed E-state index contributed by atoms with van der Waals surface area (Å²) in [6.07, 6.45) is 4.04. The first-order valence-electron chi connectivity index (χ1n) is 5.85. The predicted octanol–water partition coefficient (Wildman–Crippen LogP) is 1.76. The summed E-state index contributed by atoms with van der Waals surface area (Å²) < 4.78 is 10.9. The standard InChI is InChI=1S/C12H17NO4/c1-12(5-2-6-16-8-12)11-13-9(7-17-11)3-4-10(14)15/h7H,2-6,8H2,1H3,(H,14,15). The van der Waals surface area contributed by atoms with Gasteiger partial charge < -0.3 is 14.3 Å². The van der Waals surface area contributed by atoms with E-state index >= 15 is 0 Å². The highest BCUT2D eigenvalue weighted by Gasteiger charge is 2.34. The van der Waals surface area contributed by atoms with Gasteiger partial charge in [0.25, 0.3) is 0 Å². The molecule has 1 aliphatic rings. The number of hydrogen-bond acceptors (Lipinski definition) is 4. The van der Waals surface area contributed by atoms with E-state index in [4.69, 9.17) is 14.3 Å². The maximum absolute atomic E-state index is 10.5. The van der Waals surface area contributed by atoms with E-state index in [1.54, 1.807) is 6.26 Å². The van der Waals surface area contributed by atoms with E-state index in [0.29, 0.717) is 24.6 Å². The number of aliphatic carboxylic acids is 1. The van der Waals surface area contributed by atoms with E-state index < -0.39 is 5.97 Å². The number of carboxylic acids is 1. The molecule has 2 rings (SSSR count). The van der Waals surface area contributed by atoms with Gasteiger partial charge in [-0.05, 0) is 19.8 Å². The van der Waals surface area contributed by atoms with Crippen molar-refractivity contribution >= 4 is 5.97 Å². The van der Waals surface area contributed by atoms with E-state index in [-0.39, 0.29) is 11.8 Å². The number of carboxylic acid groups (broad SMARTS) is 1. The Hall–Kier alpha value is -1.36. The van der Waals surface area contributed by atoms with E-state index in [1.165, 1.54) is 0 Å². The van der Waals surface area contributed by atoms with Crippen molar-refractivity contribution in [3.05, 3.63) is 17.8 Å². The Morgan fingerprint density at radius 2 is 2.47 bits per heavy atom. The fraction of sp³-hybridized carbons (Fsp3) is 0.667. The van der Waals surface area contributed by atoms with Crippen molar-refractivity contribution in [3.63, 3.8) is 0 Å². The Morgan fingerprint density at radius 1 is 1.65 bits per heavy atom. The molecule has 5 nitrogen and oxygen atoms in total. The van der Waals surface area contributed by atoms with Crippen LogP contribution in [0.3, 0.4) is 0 Å². The van der Waals surface area contributed by atoms with Crippen molar-refractivity contribution in [1.29, 1.82) is 0 Å². The topological polar surface area (TPSA) is 72.6 Å². The molecule has 0 radical (unpaired) electrons. The third-order valence-corrected chi connectivity index (χ3v) is 3.10. The van der Waals surface area contributed by atoms with E-state index in [9.17, 15) is 4.79 Å². The van der Waals surface area contributed by atoms with Gasteiger partial charge in [-0.2, -0.15) is 0 Å². The predicted molar refractivity (Wildman–Crippen MR) is 59.9 cm³/mol. The average Bonchev–Trinajstić information content (AvgIpc) is 2.76. The van der Waals surface area contributed by atoms with Crippen molar-refractivity contribution in [3.8, 4) is 0 Å². The molecule has 0 amide bonds. The number of ether oxygens (including phenoxy) is 1. The molecular formula is C12H17NO4. The highest BCUT2D eigenvalue weighted by Crippen LogP contribution is 2.31. The van der Waals surface area contributed by atoms with Gasteiger partial charge in [0, 0.05) is 13.0 Å². The smallest absolute Gasteiger partial charge is 0.303 e. The van der Waals surface area contributed by atoms with Gasteiger partial charge in [-0.15, -0.1) is 0 Å². The van der Waals surface area contributed by atoms with Gasteiger partial charge in [0.2, 0.25) is 5.89 Å². The molecular weight excluding hydrogens is 222 g/mol. The third-order valence-electron chi connectivity index (χ3n) is 3.10. The second-order valence-corrected chi connectivity index (χ2v) is 4.75. The molecule has 94 valence electrons. The number of carbonyl (C=O) groups is 1. The average molecular weight is 239 g/mol. The minimum Gasteiger partial charge on any atom is -0.481 e. The highest BCUT2D eigenvalue weighted by atomic mass is 16.5. The van der Waals surface area contributed by atoms with Crippen LogP contribution in [0.1, 0.15) is 37.8 Å². The molecule has 1 saturated heterocycles. The second kappa shape index (κ2) is 4.87. The summed E-state index contributed by atoms with van der Waals surface area (Å²) in [5, 5.41) is 8.60. The first-order valence-corrected chi connectivity index (χ1v) is 5.85. The number of aryl methyl sites for hydroxylation is 1. The summed E-state index contributed by atoms with van der Waals surface area (Å²) in [6.45, 7) is 3.48. The van der Waals surface area contributed by atoms with E-state index in [2.05, 4.69) is 11.9 Å². The first kappa shape index (κ1) is 12.1. The molecule has 1 fully saturated rings. The Morgan fingerprint density at radius 3 is 3.12 bits per heavy atom. The fourth-order valence-electron chi connectivity index (χ4n) is 2.04. The van der Waals surface area contributed by atoms with Crippen LogP contribution in [0.15, 0.2) is 10.7 Å². The fourth-order valence-corrected chi connectivity index (χ4v) is 2.04. The summed E-state index contributed by atoms with van der Waals surface area (Å²) in [7, 11) is 0. The molecule has 1 atom stereocenters. The SMILES string of the molecule is CC1(c2nc(CCC(=O)O)co2)CCCOC1. The third kappa shape index (κ3) is 2.85.